The Balaban J connectivity index is 1.28. The summed E-state index contributed by atoms with van der Waals surface area (Å²) in [5.41, 5.74) is 2.70. The molecule has 2 atom stereocenters. The predicted molar refractivity (Wildman–Crippen MR) is 125 cm³/mol. The van der Waals surface area contributed by atoms with E-state index in [1.54, 1.807) is 0 Å². The van der Waals surface area contributed by atoms with E-state index < -0.39 is 0 Å². The third kappa shape index (κ3) is 7.58. The minimum atomic E-state index is 0.164. The van der Waals surface area contributed by atoms with Crippen LogP contribution in [0, 0.1) is 0 Å². The van der Waals surface area contributed by atoms with Crippen LogP contribution in [0.5, 0.6) is 0 Å². The Kier molecular flexibility index (Phi) is 8.91. The van der Waals surface area contributed by atoms with Crippen LogP contribution in [0.25, 0.3) is 0 Å². The lowest BCUT2D eigenvalue weighted by atomic mass is 9.97. The molecule has 4 nitrogen and oxygen atoms in total. The van der Waals surface area contributed by atoms with Gasteiger partial charge in [-0.05, 0) is 43.4 Å². The number of benzene rings is 2. The van der Waals surface area contributed by atoms with E-state index in [2.05, 4.69) is 71.4 Å². The highest BCUT2D eigenvalue weighted by molar-refractivity contribution is 5.76. The molecular formula is C26H37N3O. The quantitative estimate of drug-likeness (QED) is 0.648. The molecule has 0 aromatic heterocycles. The van der Waals surface area contributed by atoms with Gasteiger partial charge in [-0.2, -0.15) is 0 Å². The maximum absolute atomic E-state index is 12.3. The summed E-state index contributed by atoms with van der Waals surface area (Å²) in [5.74, 6) is 0.767. The molecule has 4 heteroatoms. The van der Waals surface area contributed by atoms with E-state index in [1.807, 2.05) is 18.2 Å². The molecule has 0 aliphatic carbocycles. The van der Waals surface area contributed by atoms with Gasteiger partial charge in [0.1, 0.15) is 0 Å². The highest BCUT2D eigenvalue weighted by atomic mass is 16.1. The van der Waals surface area contributed by atoms with Gasteiger partial charge >= 0.3 is 0 Å². The zero-order chi connectivity index (χ0) is 21.2. The summed E-state index contributed by atoms with van der Waals surface area (Å²) in [6.45, 7) is 10.8. The van der Waals surface area contributed by atoms with Crippen LogP contribution in [-0.4, -0.2) is 61.0 Å². The molecule has 2 unspecified atom stereocenters. The number of piperazine rings is 1. The van der Waals surface area contributed by atoms with Gasteiger partial charge in [0.15, 0.2) is 0 Å². The number of rotatable bonds is 10. The third-order valence-electron chi connectivity index (χ3n) is 6.16. The molecule has 2 aromatic carbocycles. The molecule has 162 valence electrons. The van der Waals surface area contributed by atoms with Gasteiger partial charge in [0.25, 0.3) is 0 Å². The monoisotopic (exact) mass is 407 g/mol. The Morgan fingerprint density at radius 2 is 1.43 bits per heavy atom. The van der Waals surface area contributed by atoms with Crippen LogP contribution in [0.2, 0.25) is 0 Å². The van der Waals surface area contributed by atoms with Crippen LogP contribution >= 0.6 is 0 Å². The highest BCUT2D eigenvalue weighted by Gasteiger charge is 2.18. The van der Waals surface area contributed by atoms with Crippen molar-refractivity contribution in [1.29, 1.82) is 0 Å². The van der Waals surface area contributed by atoms with Crippen LogP contribution in [0.4, 0.5) is 0 Å². The van der Waals surface area contributed by atoms with Crippen LogP contribution < -0.4 is 5.32 Å². The summed E-state index contributed by atoms with van der Waals surface area (Å²) in [5, 5.41) is 3.15. The fourth-order valence-electron chi connectivity index (χ4n) is 4.19. The largest absolute Gasteiger partial charge is 0.353 e. The summed E-state index contributed by atoms with van der Waals surface area (Å²) >= 11 is 0. The number of carbonyl (C=O) groups excluding carboxylic acids is 1. The Hall–Kier alpha value is -2.17. The molecular weight excluding hydrogens is 370 g/mol. The number of nitrogens with one attached hydrogen (secondary N) is 1. The van der Waals surface area contributed by atoms with E-state index in [-0.39, 0.29) is 11.9 Å². The maximum atomic E-state index is 12.3. The average Bonchev–Trinajstić information content (AvgIpc) is 2.78. The van der Waals surface area contributed by atoms with Gasteiger partial charge in [0, 0.05) is 45.2 Å². The van der Waals surface area contributed by atoms with Gasteiger partial charge in [0.05, 0.1) is 0 Å². The van der Waals surface area contributed by atoms with E-state index in [0.29, 0.717) is 12.3 Å². The molecule has 0 bridgehead atoms. The molecule has 3 rings (SSSR count). The average molecular weight is 408 g/mol. The van der Waals surface area contributed by atoms with Gasteiger partial charge < -0.3 is 15.1 Å². The summed E-state index contributed by atoms with van der Waals surface area (Å²) < 4.78 is 0. The van der Waals surface area contributed by atoms with Crippen molar-refractivity contribution < 1.29 is 4.79 Å². The summed E-state index contributed by atoms with van der Waals surface area (Å²) in [7, 11) is 0. The van der Waals surface area contributed by atoms with Crippen molar-refractivity contribution >= 4 is 5.91 Å². The fraction of sp³-hybridized carbons (Fsp3) is 0.500. The van der Waals surface area contributed by atoms with Gasteiger partial charge in [-0.3, -0.25) is 4.79 Å². The number of carbonyl (C=O) groups is 1. The van der Waals surface area contributed by atoms with E-state index in [0.717, 1.165) is 45.7 Å². The molecule has 1 amide bonds. The lowest BCUT2D eigenvalue weighted by Gasteiger charge is -2.35. The number of amides is 1. The second-order valence-corrected chi connectivity index (χ2v) is 8.69. The lowest BCUT2D eigenvalue weighted by Crippen LogP contribution is -2.47. The summed E-state index contributed by atoms with van der Waals surface area (Å²) in [6.07, 6.45) is 2.67. The first kappa shape index (κ1) is 22.5. The number of nitrogens with zero attached hydrogens (tertiary/aromatic N) is 2. The maximum Gasteiger partial charge on any atom is 0.221 e. The molecule has 1 fully saturated rings. The van der Waals surface area contributed by atoms with Crippen molar-refractivity contribution in [2.75, 3.05) is 39.3 Å². The molecule has 2 aromatic rings. The van der Waals surface area contributed by atoms with Gasteiger partial charge in [-0.1, -0.05) is 67.6 Å². The first-order valence-corrected chi connectivity index (χ1v) is 11.4. The highest BCUT2D eigenvalue weighted by Crippen LogP contribution is 2.19. The fourth-order valence-corrected chi connectivity index (χ4v) is 4.19. The predicted octanol–water partition coefficient (Wildman–Crippen LogP) is 3.94. The zero-order valence-corrected chi connectivity index (χ0v) is 18.6. The van der Waals surface area contributed by atoms with Crippen LogP contribution in [-0.2, 0) is 11.2 Å². The van der Waals surface area contributed by atoms with Gasteiger partial charge in [0.2, 0.25) is 5.91 Å². The topological polar surface area (TPSA) is 35.6 Å². The van der Waals surface area contributed by atoms with Crippen LogP contribution in [0.15, 0.2) is 60.7 Å². The Bertz CT molecular complexity index is 741. The Morgan fingerprint density at radius 1 is 0.867 bits per heavy atom. The van der Waals surface area contributed by atoms with E-state index in [1.165, 1.54) is 17.5 Å². The number of hydrogen-bond donors (Lipinski definition) is 1. The second kappa shape index (κ2) is 11.9. The van der Waals surface area contributed by atoms with E-state index >= 15 is 0 Å². The first-order valence-electron chi connectivity index (χ1n) is 11.4. The second-order valence-electron chi connectivity index (χ2n) is 8.69. The smallest absolute Gasteiger partial charge is 0.221 e. The molecule has 0 spiro atoms. The van der Waals surface area contributed by atoms with E-state index in [9.17, 15) is 4.79 Å². The van der Waals surface area contributed by atoms with Crippen molar-refractivity contribution in [2.24, 2.45) is 0 Å². The van der Waals surface area contributed by atoms with Gasteiger partial charge in [-0.25, -0.2) is 0 Å². The molecule has 1 heterocycles. The van der Waals surface area contributed by atoms with Crippen molar-refractivity contribution in [2.45, 2.75) is 45.1 Å². The summed E-state index contributed by atoms with van der Waals surface area (Å²) in [4.78, 5) is 17.3. The van der Waals surface area contributed by atoms with Gasteiger partial charge in [-0.15, -0.1) is 0 Å². The van der Waals surface area contributed by atoms with Crippen LogP contribution in [0.3, 0.4) is 0 Å². The normalized spacial score (nSPS) is 17.4. The SMILES string of the molecule is CC(Cc1ccccc1)NC(=O)CCN1CCN(CCC(C)c2ccccc2)CC1. The minimum absolute atomic E-state index is 0.164. The molecule has 1 N–H and O–H groups in total. The molecule has 0 radical (unpaired) electrons. The van der Waals surface area contributed by atoms with Crippen molar-refractivity contribution in [3.63, 3.8) is 0 Å². The molecule has 1 aliphatic rings. The van der Waals surface area contributed by atoms with Crippen LogP contribution in [0.1, 0.15) is 43.7 Å². The number of hydrogen-bond acceptors (Lipinski definition) is 3. The molecule has 1 saturated heterocycles. The standard InChI is InChI=1S/C26H37N3O/c1-22(25-11-7-4-8-12-25)13-15-28-17-19-29(20-18-28)16-14-26(30)27-23(2)21-24-9-5-3-6-10-24/h3-12,22-23H,13-21H2,1-2H3,(H,27,30). The minimum Gasteiger partial charge on any atom is -0.353 e. The summed E-state index contributed by atoms with van der Waals surface area (Å²) in [6, 6.07) is 21.3. The van der Waals surface area contributed by atoms with Crippen molar-refractivity contribution in [3.8, 4) is 0 Å². The van der Waals surface area contributed by atoms with E-state index in [4.69, 9.17) is 0 Å². The Labute approximate surface area is 182 Å². The first-order chi connectivity index (χ1) is 14.6. The lowest BCUT2D eigenvalue weighted by molar-refractivity contribution is -0.122. The van der Waals surface area contributed by atoms with Crippen molar-refractivity contribution in [3.05, 3.63) is 71.8 Å². The molecule has 1 aliphatic heterocycles. The third-order valence-corrected chi connectivity index (χ3v) is 6.16. The Morgan fingerprint density at radius 3 is 2.07 bits per heavy atom. The zero-order valence-electron chi connectivity index (χ0n) is 18.6. The van der Waals surface area contributed by atoms with Crippen molar-refractivity contribution in [1.82, 2.24) is 15.1 Å². The molecule has 0 saturated carbocycles. The molecule has 30 heavy (non-hydrogen) atoms.